The maximum Gasteiger partial charge on any atom is 0.251 e. The molecule has 2 aliphatic rings. The van der Waals surface area contributed by atoms with Crippen molar-refractivity contribution >= 4 is 5.91 Å². The molecular weight excluding hydrogens is 356 g/mol. The fraction of sp³-hybridized carbons (Fsp3) is 0.476. The number of hydrogen-bond donors (Lipinski definition) is 1. The number of likely N-dealkylation sites (tertiary alicyclic amines) is 1. The first-order valence-electron chi connectivity index (χ1n) is 9.71. The van der Waals surface area contributed by atoms with Gasteiger partial charge in [-0.05, 0) is 30.0 Å². The van der Waals surface area contributed by atoms with Gasteiger partial charge in [-0.2, -0.15) is 0 Å². The summed E-state index contributed by atoms with van der Waals surface area (Å²) >= 11 is 0. The van der Waals surface area contributed by atoms with Gasteiger partial charge in [0.2, 0.25) is 5.91 Å². The van der Waals surface area contributed by atoms with E-state index in [0.717, 1.165) is 43.1 Å². The number of carbonyl (C=O) groups excluding carboxylic acids is 1. The highest BCUT2D eigenvalue weighted by atomic mass is 16.5. The smallest absolute Gasteiger partial charge is 0.251 e. The van der Waals surface area contributed by atoms with Crippen LogP contribution in [0.3, 0.4) is 0 Å². The van der Waals surface area contributed by atoms with Crippen molar-refractivity contribution in [1.29, 1.82) is 0 Å². The second-order valence-electron chi connectivity index (χ2n) is 7.78. The summed E-state index contributed by atoms with van der Waals surface area (Å²) in [5.74, 6) is 1.33. The Balaban J connectivity index is 1.61. The maximum atomic E-state index is 12.6. The number of aromatic nitrogens is 2. The van der Waals surface area contributed by atoms with E-state index in [0.29, 0.717) is 18.4 Å². The number of fused-ring (bicyclic) bond motifs is 4. The molecule has 0 radical (unpaired) electrons. The standard InChI is InChI=1S/C21H26N4O3/c1-14(26)23-10-20-17-7-16(19-4-3-5-21(27)25(19)20)12-24(13-17)11-15-6-18(28-2)9-22-8-15/h3-6,8-9,16-17,20H,7,10-13H2,1-2H3,(H,23,26)/t16-,17+,20+/m1/s1. The Hall–Kier alpha value is -2.67. The summed E-state index contributed by atoms with van der Waals surface area (Å²) in [7, 11) is 1.65. The van der Waals surface area contributed by atoms with Gasteiger partial charge in [0.15, 0.2) is 0 Å². The Morgan fingerprint density at radius 2 is 2.18 bits per heavy atom. The van der Waals surface area contributed by atoms with Gasteiger partial charge in [-0.25, -0.2) is 0 Å². The van der Waals surface area contributed by atoms with Gasteiger partial charge in [-0.1, -0.05) is 6.07 Å². The zero-order valence-electron chi connectivity index (χ0n) is 16.3. The molecule has 1 saturated heterocycles. The van der Waals surface area contributed by atoms with Gasteiger partial charge in [0.1, 0.15) is 5.75 Å². The molecule has 0 aromatic carbocycles. The highest BCUT2D eigenvalue weighted by Gasteiger charge is 2.40. The molecule has 1 fully saturated rings. The number of amides is 1. The van der Waals surface area contributed by atoms with Crippen LogP contribution >= 0.6 is 0 Å². The molecule has 0 unspecified atom stereocenters. The fourth-order valence-corrected chi connectivity index (χ4v) is 4.70. The van der Waals surface area contributed by atoms with Crippen LogP contribution in [0.25, 0.3) is 0 Å². The molecule has 1 amide bonds. The van der Waals surface area contributed by atoms with E-state index in [1.807, 2.05) is 22.9 Å². The van der Waals surface area contributed by atoms with Crippen LogP contribution < -0.4 is 15.6 Å². The topological polar surface area (TPSA) is 76.5 Å². The molecule has 7 nitrogen and oxygen atoms in total. The van der Waals surface area contributed by atoms with Gasteiger partial charge in [-0.3, -0.25) is 19.5 Å². The Morgan fingerprint density at radius 3 is 2.96 bits per heavy atom. The molecule has 0 aliphatic carbocycles. The summed E-state index contributed by atoms with van der Waals surface area (Å²) in [6, 6.07) is 7.51. The Bertz CT molecular complexity index is 926. The van der Waals surface area contributed by atoms with Crippen molar-refractivity contribution in [3.63, 3.8) is 0 Å². The highest BCUT2D eigenvalue weighted by molar-refractivity contribution is 5.72. The number of carbonyl (C=O) groups is 1. The summed E-state index contributed by atoms with van der Waals surface area (Å²) in [6.45, 7) is 4.59. The zero-order chi connectivity index (χ0) is 19.7. The Kier molecular flexibility index (Phi) is 5.17. The van der Waals surface area contributed by atoms with Crippen LogP contribution in [0.1, 0.15) is 36.6 Å². The molecular formula is C21H26N4O3. The van der Waals surface area contributed by atoms with Gasteiger partial charge in [0, 0.05) is 57.0 Å². The molecule has 2 aliphatic heterocycles. The van der Waals surface area contributed by atoms with E-state index in [1.54, 1.807) is 19.4 Å². The lowest BCUT2D eigenvalue weighted by Gasteiger charge is -2.47. The number of nitrogens with zero attached hydrogens (tertiary/aromatic N) is 3. The Morgan fingerprint density at radius 1 is 1.32 bits per heavy atom. The van der Waals surface area contributed by atoms with E-state index in [2.05, 4.69) is 21.3 Å². The number of piperidine rings is 1. The number of nitrogens with one attached hydrogen (secondary N) is 1. The maximum absolute atomic E-state index is 12.6. The molecule has 3 atom stereocenters. The van der Waals surface area contributed by atoms with Crippen molar-refractivity contribution in [2.75, 3.05) is 26.7 Å². The van der Waals surface area contributed by atoms with Crippen molar-refractivity contribution in [2.24, 2.45) is 5.92 Å². The predicted molar refractivity (Wildman–Crippen MR) is 105 cm³/mol. The normalized spacial score (nSPS) is 23.7. The summed E-state index contributed by atoms with van der Waals surface area (Å²) in [5.41, 5.74) is 2.21. The number of ether oxygens (including phenoxy) is 1. The highest BCUT2D eigenvalue weighted by Crippen LogP contribution is 2.41. The quantitative estimate of drug-likeness (QED) is 0.849. The average Bonchev–Trinajstić information content (AvgIpc) is 2.68. The molecule has 4 rings (SSSR count). The molecule has 4 heterocycles. The second kappa shape index (κ2) is 7.75. The van der Waals surface area contributed by atoms with Crippen molar-refractivity contribution in [3.05, 3.63) is 58.3 Å². The lowest BCUT2D eigenvalue weighted by Crippen LogP contribution is -2.51. The molecule has 148 valence electrons. The number of methoxy groups -OCH3 is 1. The minimum atomic E-state index is -0.0669. The number of hydrogen-bond acceptors (Lipinski definition) is 5. The molecule has 2 bridgehead atoms. The fourth-order valence-electron chi connectivity index (χ4n) is 4.70. The molecule has 0 spiro atoms. The van der Waals surface area contributed by atoms with Crippen LogP contribution in [0.5, 0.6) is 5.75 Å². The van der Waals surface area contributed by atoms with Crippen molar-refractivity contribution in [2.45, 2.75) is 31.8 Å². The SMILES string of the molecule is COc1cncc(CN2C[C@H]3C[C@@H](C2)[C@H](CNC(C)=O)n2c3cccc2=O)c1. The second-order valence-corrected chi connectivity index (χ2v) is 7.78. The third kappa shape index (κ3) is 3.67. The van der Waals surface area contributed by atoms with Crippen LogP contribution in [-0.2, 0) is 11.3 Å². The van der Waals surface area contributed by atoms with Crippen molar-refractivity contribution in [3.8, 4) is 5.75 Å². The minimum absolute atomic E-state index is 0.0184. The van der Waals surface area contributed by atoms with Gasteiger partial charge < -0.3 is 14.6 Å². The van der Waals surface area contributed by atoms with Crippen LogP contribution in [-0.4, -0.2) is 47.1 Å². The largest absolute Gasteiger partial charge is 0.495 e. The molecule has 28 heavy (non-hydrogen) atoms. The third-order valence-corrected chi connectivity index (χ3v) is 5.85. The third-order valence-electron chi connectivity index (χ3n) is 5.85. The van der Waals surface area contributed by atoms with Gasteiger partial charge in [0.25, 0.3) is 5.56 Å². The average molecular weight is 382 g/mol. The zero-order valence-corrected chi connectivity index (χ0v) is 16.3. The van der Waals surface area contributed by atoms with Crippen LogP contribution in [0.4, 0.5) is 0 Å². The molecule has 0 saturated carbocycles. The van der Waals surface area contributed by atoms with Crippen LogP contribution in [0.15, 0.2) is 41.5 Å². The van der Waals surface area contributed by atoms with E-state index in [-0.39, 0.29) is 17.5 Å². The van der Waals surface area contributed by atoms with E-state index < -0.39 is 0 Å². The van der Waals surface area contributed by atoms with E-state index >= 15 is 0 Å². The van der Waals surface area contributed by atoms with Gasteiger partial charge >= 0.3 is 0 Å². The predicted octanol–water partition coefficient (Wildman–Crippen LogP) is 1.55. The summed E-state index contributed by atoms with van der Waals surface area (Å²) in [5, 5.41) is 2.92. The van der Waals surface area contributed by atoms with E-state index in [9.17, 15) is 9.59 Å². The Labute approximate surface area is 164 Å². The summed E-state index contributed by atoms with van der Waals surface area (Å²) in [6.07, 6.45) is 4.63. The monoisotopic (exact) mass is 382 g/mol. The number of pyridine rings is 2. The first kappa shape index (κ1) is 18.7. The van der Waals surface area contributed by atoms with Crippen molar-refractivity contribution < 1.29 is 9.53 Å². The van der Waals surface area contributed by atoms with Gasteiger partial charge in [0.05, 0.1) is 19.3 Å². The lowest BCUT2D eigenvalue weighted by atomic mass is 9.78. The number of rotatable bonds is 5. The molecule has 1 N–H and O–H groups in total. The van der Waals surface area contributed by atoms with E-state index in [4.69, 9.17) is 4.74 Å². The summed E-state index contributed by atoms with van der Waals surface area (Å²) in [4.78, 5) is 30.8. The minimum Gasteiger partial charge on any atom is -0.495 e. The molecule has 2 aromatic rings. The van der Waals surface area contributed by atoms with Crippen molar-refractivity contribution in [1.82, 2.24) is 19.8 Å². The summed E-state index contributed by atoms with van der Waals surface area (Å²) < 4.78 is 7.21. The first-order chi connectivity index (χ1) is 13.5. The molecule has 7 heteroatoms. The lowest BCUT2D eigenvalue weighted by molar-refractivity contribution is -0.119. The van der Waals surface area contributed by atoms with Crippen LogP contribution in [0.2, 0.25) is 0 Å². The van der Waals surface area contributed by atoms with Crippen LogP contribution in [0, 0.1) is 5.92 Å². The molecule has 2 aromatic heterocycles. The first-order valence-corrected chi connectivity index (χ1v) is 9.71. The van der Waals surface area contributed by atoms with E-state index in [1.165, 1.54) is 6.92 Å². The van der Waals surface area contributed by atoms with Gasteiger partial charge in [-0.15, -0.1) is 0 Å².